The molecule has 0 heterocycles. The van der Waals surface area contributed by atoms with Crippen LogP contribution in [0.2, 0.25) is 0 Å². The zero-order chi connectivity index (χ0) is 7.78. The van der Waals surface area contributed by atoms with Crippen molar-refractivity contribution in [3.8, 4) is 0 Å². The van der Waals surface area contributed by atoms with Gasteiger partial charge in [0.05, 0.1) is 0 Å². The van der Waals surface area contributed by atoms with Crippen molar-refractivity contribution in [3.63, 3.8) is 0 Å². The molecule has 0 aromatic carbocycles. The van der Waals surface area contributed by atoms with E-state index in [1.54, 1.807) is 0 Å². The first kappa shape index (κ1) is 8.10. The molecule has 0 nitrogen and oxygen atoms in total. The highest BCUT2D eigenvalue weighted by atomic mass is 14.4. The van der Waals surface area contributed by atoms with Crippen LogP contribution in [-0.4, -0.2) is 0 Å². The molecule has 1 rings (SSSR count). The van der Waals surface area contributed by atoms with Gasteiger partial charge in [-0.15, -0.1) is 0 Å². The van der Waals surface area contributed by atoms with Gasteiger partial charge in [-0.3, -0.25) is 0 Å². The standard InChI is InChI=1S/C10H20/c1-8-6-5-7-10(3,4)9(8)2/h8-9H,5-7H2,1-4H3/t8-,9+/m0/s1. The monoisotopic (exact) mass is 140 g/mol. The topological polar surface area (TPSA) is 0 Å². The normalized spacial score (nSPS) is 39.6. The first-order chi connectivity index (χ1) is 4.54. The van der Waals surface area contributed by atoms with Crippen LogP contribution in [0.25, 0.3) is 0 Å². The Morgan fingerprint density at radius 3 is 2.20 bits per heavy atom. The van der Waals surface area contributed by atoms with Crippen LogP contribution in [0.1, 0.15) is 47.0 Å². The Morgan fingerprint density at radius 2 is 1.80 bits per heavy atom. The van der Waals surface area contributed by atoms with Crippen LogP contribution in [0.15, 0.2) is 0 Å². The van der Waals surface area contributed by atoms with Crippen molar-refractivity contribution in [1.29, 1.82) is 0 Å². The molecule has 0 aromatic rings. The summed E-state index contributed by atoms with van der Waals surface area (Å²) in [5.41, 5.74) is 0.609. The van der Waals surface area contributed by atoms with Crippen molar-refractivity contribution in [2.45, 2.75) is 47.0 Å². The summed E-state index contributed by atoms with van der Waals surface area (Å²) < 4.78 is 0. The zero-order valence-corrected chi connectivity index (χ0v) is 7.78. The summed E-state index contributed by atoms with van der Waals surface area (Å²) in [6.07, 6.45) is 4.32. The Morgan fingerprint density at radius 1 is 1.20 bits per heavy atom. The molecule has 60 valence electrons. The van der Waals surface area contributed by atoms with E-state index in [9.17, 15) is 0 Å². The summed E-state index contributed by atoms with van der Waals surface area (Å²) >= 11 is 0. The average Bonchev–Trinajstić information content (AvgIpc) is 1.83. The van der Waals surface area contributed by atoms with Crippen molar-refractivity contribution in [2.75, 3.05) is 0 Å². The second-order valence-electron chi connectivity index (χ2n) is 4.65. The van der Waals surface area contributed by atoms with Gasteiger partial charge in [0.1, 0.15) is 0 Å². The van der Waals surface area contributed by atoms with E-state index < -0.39 is 0 Å². The third kappa shape index (κ3) is 1.36. The van der Waals surface area contributed by atoms with Crippen LogP contribution in [0.3, 0.4) is 0 Å². The van der Waals surface area contributed by atoms with Gasteiger partial charge in [-0.05, 0) is 23.7 Å². The molecular formula is C10H20. The summed E-state index contributed by atoms with van der Waals surface area (Å²) in [7, 11) is 0. The molecule has 0 spiro atoms. The van der Waals surface area contributed by atoms with E-state index in [4.69, 9.17) is 0 Å². The van der Waals surface area contributed by atoms with Gasteiger partial charge < -0.3 is 0 Å². The van der Waals surface area contributed by atoms with E-state index in [-0.39, 0.29) is 0 Å². The van der Waals surface area contributed by atoms with E-state index in [1.165, 1.54) is 19.3 Å². The molecule has 1 fully saturated rings. The highest BCUT2D eigenvalue weighted by Crippen LogP contribution is 2.43. The molecule has 0 aliphatic heterocycles. The summed E-state index contributed by atoms with van der Waals surface area (Å²) in [5.74, 6) is 1.87. The second kappa shape index (κ2) is 2.56. The Hall–Kier alpha value is 0. The van der Waals surface area contributed by atoms with E-state index in [2.05, 4.69) is 27.7 Å². The van der Waals surface area contributed by atoms with Gasteiger partial charge in [0.25, 0.3) is 0 Å². The maximum atomic E-state index is 2.41. The molecule has 0 unspecified atom stereocenters. The van der Waals surface area contributed by atoms with Crippen LogP contribution in [-0.2, 0) is 0 Å². The molecule has 2 atom stereocenters. The summed E-state index contributed by atoms with van der Waals surface area (Å²) in [6, 6.07) is 0. The highest BCUT2D eigenvalue weighted by molar-refractivity contribution is 4.83. The average molecular weight is 140 g/mol. The fourth-order valence-corrected chi connectivity index (χ4v) is 2.13. The van der Waals surface area contributed by atoms with E-state index >= 15 is 0 Å². The summed E-state index contributed by atoms with van der Waals surface area (Å²) in [4.78, 5) is 0. The molecule has 1 aliphatic carbocycles. The van der Waals surface area contributed by atoms with Gasteiger partial charge in [0.15, 0.2) is 0 Å². The molecule has 0 saturated heterocycles. The van der Waals surface area contributed by atoms with Crippen LogP contribution in [0.5, 0.6) is 0 Å². The maximum absolute atomic E-state index is 2.41. The molecular weight excluding hydrogens is 120 g/mol. The number of rotatable bonds is 0. The van der Waals surface area contributed by atoms with Gasteiger partial charge in [-0.1, -0.05) is 40.5 Å². The molecule has 1 saturated carbocycles. The van der Waals surface area contributed by atoms with Gasteiger partial charge in [-0.2, -0.15) is 0 Å². The molecule has 0 N–H and O–H groups in total. The van der Waals surface area contributed by atoms with Crippen molar-refractivity contribution in [3.05, 3.63) is 0 Å². The van der Waals surface area contributed by atoms with Gasteiger partial charge >= 0.3 is 0 Å². The molecule has 0 aromatic heterocycles. The molecule has 1 aliphatic rings. The predicted octanol–water partition coefficient (Wildman–Crippen LogP) is 3.47. The van der Waals surface area contributed by atoms with Crippen LogP contribution >= 0.6 is 0 Å². The van der Waals surface area contributed by atoms with Crippen molar-refractivity contribution < 1.29 is 0 Å². The van der Waals surface area contributed by atoms with Crippen LogP contribution in [0, 0.1) is 17.3 Å². The van der Waals surface area contributed by atoms with Crippen LogP contribution in [0.4, 0.5) is 0 Å². The smallest absolute Gasteiger partial charge is 0.0326 e. The van der Waals surface area contributed by atoms with Crippen molar-refractivity contribution in [2.24, 2.45) is 17.3 Å². The lowest BCUT2D eigenvalue weighted by atomic mass is 9.65. The van der Waals surface area contributed by atoms with E-state index in [0.717, 1.165) is 11.8 Å². The molecule has 10 heavy (non-hydrogen) atoms. The molecule has 0 amide bonds. The Balaban J connectivity index is 2.60. The predicted molar refractivity (Wildman–Crippen MR) is 46.0 cm³/mol. The Kier molecular flexibility index (Phi) is 2.07. The fraction of sp³-hybridized carbons (Fsp3) is 1.00. The zero-order valence-electron chi connectivity index (χ0n) is 7.78. The lowest BCUT2D eigenvalue weighted by molar-refractivity contribution is 0.0996. The van der Waals surface area contributed by atoms with Gasteiger partial charge in [0.2, 0.25) is 0 Å². The first-order valence-electron chi connectivity index (χ1n) is 4.54. The third-order valence-electron chi connectivity index (χ3n) is 3.57. The minimum absolute atomic E-state index is 0.609. The maximum Gasteiger partial charge on any atom is -0.0326 e. The first-order valence-corrected chi connectivity index (χ1v) is 4.54. The van der Waals surface area contributed by atoms with E-state index in [0.29, 0.717) is 5.41 Å². The SMILES string of the molecule is C[C@@H]1[C@@H](C)CCCC1(C)C. The lowest BCUT2D eigenvalue weighted by Gasteiger charge is -2.40. The molecule has 0 bridgehead atoms. The second-order valence-corrected chi connectivity index (χ2v) is 4.65. The largest absolute Gasteiger partial charge is 0.0622 e. The lowest BCUT2D eigenvalue weighted by Crippen LogP contribution is -2.31. The molecule has 0 radical (unpaired) electrons. The Bertz CT molecular complexity index is 113. The van der Waals surface area contributed by atoms with E-state index in [1.807, 2.05) is 0 Å². The Labute approximate surface area is 65.0 Å². The third-order valence-corrected chi connectivity index (χ3v) is 3.57. The minimum atomic E-state index is 0.609. The quantitative estimate of drug-likeness (QED) is 0.483. The van der Waals surface area contributed by atoms with Crippen molar-refractivity contribution in [1.82, 2.24) is 0 Å². The minimum Gasteiger partial charge on any atom is -0.0622 e. The van der Waals surface area contributed by atoms with Gasteiger partial charge in [-0.25, -0.2) is 0 Å². The number of hydrogen-bond donors (Lipinski definition) is 0. The van der Waals surface area contributed by atoms with Crippen LogP contribution < -0.4 is 0 Å². The fourth-order valence-electron chi connectivity index (χ4n) is 2.13. The summed E-state index contributed by atoms with van der Waals surface area (Å²) in [6.45, 7) is 9.62. The summed E-state index contributed by atoms with van der Waals surface area (Å²) in [5, 5.41) is 0. The van der Waals surface area contributed by atoms with Crippen molar-refractivity contribution >= 4 is 0 Å². The molecule has 0 heteroatoms. The highest BCUT2D eigenvalue weighted by Gasteiger charge is 2.32. The number of hydrogen-bond acceptors (Lipinski definition) is 0. The van der Waals surface area contributed by atoms with Gasteiger partial charge in [0, 0.05) is 0 Å².